The fourth-order valence-corrected chi connectivity index (χ4v) is 18.6. The number of nitrogens with one attached hydrogen (secondary N) is 4. The molecule has 31 atom stereocenters. The number of aliphatic hydroxyl groups excluding tert-OH is 14. The largest absolute Gasteiger partial charge is 0.492 e. The molecule has 50 nitrogen and oxygen atoms in total. The van der Waals surface area contributed by atoms with E-state index in [4.69, 9.17) is 80.7 Å². The first-order chi connectivity index (χ1) is 67.6. The lowest BCUT2D eigenvalue weighted by Gasteiger charge is -2.45. The fraction of sp³-hybridized carbons (Fsp3) is 0.700. The average Bonchev–Trinajstić information content (AvgIpc) is 1.63. The van der Waals surface area contributed by atoms with E-state index in [1.54, 1.807) is 4.90 Å². The molecule has 3 aromatic rings. The molecule has 2 saturated carbocycles. The van der Waals surface area contributed by atoms with Crippen molar-refractivity contribution >= 4 is 66.9 Å². The maximum Gasteiger partial charge on any atom is 0.471 e. The number of carbonyl (C=O) groups excluding carboxylic acids is 9. The van der Waals surface area contributed by atoms with Crippen molar-refractivity contribution in [3.05, 3.63) is 94.5 Å². The highest BCUT2D eigenvalue weighted by molar-refractivity contribution is 7.47. The number of nitrogens with zero attached hydrogens (tertiary/aromatic N) is 4. The van der Waals surface area contributed by atoms with Gasteiger partial charge in [-0.05, 0) is 86.8 Å². The van der Waals surface area contributed by atoms with Gasteiger partial charge in [-0.2, -0.15) is 5.11 Å². The van der Waals surface area contributed by atoms with Crippen molar-refractivity contribution in [2.24, 2.45) is 34.0 Å². The number of hydrogen-bond donors (Lipinski definition) is 19. The molecule has 2 aliphatic carbocycles. The summed E-state index contributed by atoms with van der Waals surface area (Å²) in [7, 11) is 1.33. The van der Waals surface area contributed by atoms with Crippen LogP contribution in [0.4, 0.5) is 5.69 Å². The molecule has 788 valence electrons. The van der Waals surface area contributed by atoms with Crippen LogP contribution in [0.2, 0.25) is 0 Å². The quantitative estimate of drug-likeness (QED) is 0.0111. The smallest absolute Gasteiger partial charge is 0.471 e. The van der Waals surface area contributed by atoms with Crippen molar-refractivity contribution in [1.82, 2.24) is 26.3 Å². The number of fused-ring (bicyclic) bond motifs is 5. The number of rotatable bonds is 48. The van der Waals surface area contributed by atoms with Crippen LogP contribution in [0.5, 0.6) is 5.75 Å². The number of para-hydroxylation sites is 1. The first-order valence-electron chi connectivity index (χ1n) is 46.7. The van der Waals surface area contributed by atoms with Crippen LogP contribution in [0.3, 0.4) is 0 Å². The molecule has 8 aliphatic rings. The Morgan fingerprint density at radius 3 is 1.37 bits per heavy atom. The Bertz CT molecular complexity index is 4500. The summed E-state index contributed by atoms with van der Waals surface area (Å²) in [5.41, 5.74) is 2.81. The fourth-order valence-electron chi connectivity index (χ4n) is 18.2. The Balaban J connectivity index is 0.708. The highest BCUT2D eigenvalue weighted by atomic mass is 31.2. The van der Waals surface area contributed by atoms with Gasteiger partial charge in [-0.25, -0.2) is 4.57 Å². The number of benzene rings is 3. The zero-order valence-corrected chi connectivity index (χ0v) is 79.3. The minimum atomic E-state index is -4.05. The van der Waals surface area contributed by atoms with Crippen LogP contribution in [0.15, 0.2) is 77.1 Å². The number of hydrogen-bond acceptors (Lipinski definition) is 44. The molecule has 6 fully saturated rings. The van der Waals surface area contributed by atoms with Gasteiger partial charge in [0.15, 0.2) is 25.2 Å². The second kappa shape index (κ2) is 53.9. The van der Waals surface area contributed by atoms with E-state index in [0.29, 0.717) is 57.3 Å². The van der Waals surface area contributed by atoms with E-state index >= 15 is 0 Å². The van der Waals surface area contributed by atoms with Crippen molar-refractivity contribution in [3.63, 3.8) is 0 Å². The van der Waals surface area contributed by atoms with Crippen LogP contribution < -0.4 is 30.9 Å². The highest BCUT2D eigenvalue weighted by Crippen LogP contribution is 2.50. The van der Waals surface area contributed by atoms with Crippen molar-refractivity contribution in [3.8, 4) is 5.75 Å². The van der Waals surface area contributed by atoms with Gasteiger partial charge in [0.1, 0.15) is 122 Å². The van der Waals surface area contributed by atoms with E-state index in [0.717, 1.165) is 58.7 Å². The third-order valence-corrected chi connectivity index (χ3v) is 27.0. The topological polar surface area (TPSA) is 710 Å². The number of carbonyl (C=O) groups is 9. The van der Waals surface area contributed by atoms with Gasteiger partial charge in [0.2, 0.25) is 17.7 Å². The molecular weight excluding hydrogens is 1900 g/mol. The number of esters is 4. The zero-order valence-electron chi connectivity index (χ0n) is 78.4. The van der Waals surface area contributed by atoms with Gasteiger partial charge in [0.05, 0.1) is 136 Å². The van der Waals surface area contributed by atoms with Crippen LogP contribution in [-0.4, -0.2) is 403 Å². The highest BCUT2D eigenvalue weighted by Gasteiger charge is 2.55. The second-order valence-electron chi connectivity index (χ2n) is 35.2. The number of methoxy groups -OCH3 is 4. The van der Waals surface area contributed by atoms with Crippen molar-refractivity contribution < 1.29 is 204 Å². The molecule has 0 radical (unpaired) electrons. The lowest BCUT2D eigenvalue weighted by atomic mass is 9.76. The van der Waals surface area contributed by atoms with E-state index in [-0.39, 0.29) is 119 Å². The molecule has 141 heavy (non-hydrogen) atoms. The van der Waals surface area contributed by atoms with Crippen LogP contribution in [-0.2, 0) is 120 Å². The number of ether oxygens (including phenoxy) is 15. The van der Waals surface area contributed by atoms with Gasteiger partial charge in [-0.3, -0.25) is 57.2 Å². The summed E-state index contributed by atoms with van der Waals surface area (Å²) in [6.07, 6.45) is -38.1. The molecule has 11 rings (SSSR count). The van der Waals surface area contributed by atoms with E-state index in [1.165, 1.54) is 18.2 Å². The summed E-state index contributed by atoms with van der Waals surface area (Å²) >= 11 is 0. The Morgan fingerprint density at radius 1 is 0.440 bits per heavy atom. The monoisotopic (exact) mass is 2030 g/mol. The second-order valence-corrected chi connectivity index (χ2v) is 36.8. The summed E-state index contributed by atoms with van der Waals surface area (Å²) in [6, 6.07) is 18.1. The van der Waals surface area contributed by atoms with E-state index in [2.05, 4.69) is 31.0 Å². The molecule has 5 amide bonds. The summed E-state index contributed by atoms with van der Waals surface area (Å²) in [4.78, 5) is 133. The molecule has 19 N–H and O–H groups in total. The maximum absolute atomic E-state index is 14.3. The lowest BCUT2D eigenvalue weighted by Crippen LogP contribution is -2.61. The Hall–Kier alpha value is -8.76. The summed E-state index contributed by atoms with van der Waals surface area (Å²) in [6.45, 7) is -3.87. The number of phosphoric acid groups is 1. The van der Waals surface area contributed by atoms with Crippen molar-refractivity contribution in [1.29, 1.82) is 0 Å². The minimum absolute atomic E-state index is 0.0474. The number of unbranched alkanes of at least 4 members (excludes halogenated alkanes) is 5. The zero-order chi connectivity index (χ0) is 102. The van der Waals surface area contributed by atoms with E-state index < -0.39 is 266 Å². The molecule has 51 heteroatoms. The first-order valence-corrected chi connectivity index (χ1v) is 48.2. The summed E-state index contributed by atoms with van der Waals surface area (Å²) in [5.74, 6) is -11.0. The third-order valence-electron chi connectivity index (χ3n) is 26.0. The van der Waals surface area contributed by atoms with Crippen molar-refractivity contribution in [2.45, 2.75) is 256 Å². The standard InChI is InChI=1S/C90H131N8O42P/c1-124-83(118)51-36-56(58(38-53(51)85(120)126-3)135-89-79(114)73(108)69(104)60(41-99)137-89)132-43-62-71(106)75(110)77(112)87(139-62)130-31-26-93-81(116)46-33-47(82(117)94-27-32-131-88-78(113)76(111)72(107)63(140-88)44-133-57-37-52(84(119)125-2)54(86(121)127-4)39-59(57)136-90-80(115)74(109)70(105)61(42-100)138-90)35-48(34-46)129-30-25-92-64(101)21-9-8-15-28-98-68-50-19-12-13-20-55(50)97(40-45-17-10-11-18-49(45)67(68)95-96-98)66(103)23-22-65(102)91-24-14-6-7-16-29-134-141(122,123)128-5/h10-13,17-20,33-35,51-54,56-63,67-80,87-90,99-100,104-115H,6-9,14-16,21-32,36-44H2,1-5H3,(H,91,102)(H,92,101)(H,93,116)(H,94,117)(H,122,123)/t51?,52?,53-,54-,56-,57-,58?,59?,60?,61?,62?,63?,67?,68?,69+,70+,71+,72+,73?,74?,75-,76?,77?,78?,79?,80?,87-,88-,89+,90-/m0/s1. The average molecular weight is 2030 g/mol. The summed E-state index contributed by atoms with van der Waals surface area (Å²) in [5, 5.41) is 173. The van der Waals surface area contributed by atoms with Gasteiger partial charge in [-0.1, -0.05) is 67.0 Å². The van der Waals surface area contributed by atoms with Gasteiger partial charge < -0.3 is 174 Å². The molecule has 6 heterocycles. The number of aliphatic hydroxyl groups is 14. The molecule has 0 spiro atoms. The number of anilines is 1. The normalized spacial score (nSPS) is 32.3. The van der Waals surface area contributed by atoms with Crippen LogP contribution in [0.25, 0.3) is 0 Å². The Labute approximate surface area is 810 Å². The van der Waals surface area contributed by atoms with Crippen LogP contribution in [0.1, 0.15) is 139 Å². The molecule has 18 unspecified atom stereocenters. The molecule has 0 bridgehead atoms. The van der Waals surface area contributed by atoms with Crippen molar-refractivity contribution in [2.75, 3.05) is 126 Å². The maximum atomic E-state index is 14.3. The third kappa shape index (κ3) is 29.4. The van der Waals surface area contributed by atoms with E-state index in [1.807, 2.05) is 53.5 Å². The summed E-state index contributed by atoms with van der Waals surface area (Å²) < 4.78 is 106. The van der Waals surface area contributed by atoms with E-state index in [9.17, 15) is 124 Å². The molecule has 4 saturated heterocycles. The molecule has 0 aromatic heterocycles. The molecular formula is C90H131N8O42P. The lowest BCUT2D eigenvalue weighted by molar-refractivity contribution is -0.326. The molecule has 6 aliphatic heterocycles. The van der Waals surface area contributed by atoms with Gasteiger partial charge in [0, 0.05) is 74.9 Å². The minimum Gasteiger partial charge on any atom is -0.492 e. The van der Waals surface area contributed by atoms with Gasteiger partial charge in [-0.15, -0.1) is 0 Å². The Kier molecular flexibility index (Phi) is 43.0. The number of amides is 5. The van der Waals surface area contributed by atoms with Gasteiger partial charge in [0.25, 0.3) is 11.8 Å². The Morgan fingerprint density at radius 2 is 0.872 bits per heavy atom. The molecule has 3 aromatic carbocycles. The predicted octanol–water partition coefficient (Wildman–Crippen LogP) is -4.03. The number of phosphoric ester groups is 1. The SMILES string of the molecule is COC(=O)C1C[C@H](OCC2O[C@H](OCCNC(=O)c3cc(OCCNC(=O)CCCCCN4N=NC5c6ccccc6CN(C(=O)CCC(=O)NCCCCCCOP(=O)(O)OC)c6ccccc6C54)cc(C(=O)NCCO[C@H]4OC(CO[C@H]5CC(C(=O)OC)[C@@H](C(=O)OC)CC5O[C@@H]5OC(CO)[C@@H](O)C(O)C5O)[C@@H](O)[C@H](O)C4O)c3)C(O)C(O)[C@@H]2O)C(O[C@H]2OC(CO)[C@@H](O)C(O)C2O)C[C@@H]1C(=O)OC. The van der Waals surface area contributed by atoms with Crippen LogP contribution >= 0.6 is 7.82 Å². The predicted molar refractivity (Wildman–Crippen MR) is 475 cm³/mol. The first kappa shape index (κ1) is 113. The van der Waals surface area contributed by atoms with Gasteiger partial charge >= 0.3 is 31.7 Å². The van der Waals surface area contributed by atoms with Crippen LogP contribution in [0, 0.1) is 23.7 Å².